The van der Waals surface area contributed by atoms with Crippen LogP contribution in [0.1, 0.15) is 12.0 Å². The van der Waals surface area contributed by atoms with E-state index in [2.05, 4.69) is 22.4 Å². The predicted octanol–water partition coefficient (Wildman–Crippen LogP) is 0.975. The third kappa shape index (κ3) is 5.51. The number of guanidine groups is 1. The van der Waals surface area contributed by atoms with Crippen molar-refractivity contribution < 1.29 is 8.42 Å². The fourth-order valence-electron chi connectivity index (χ4n) is 2.61. The minimum Gasteiger partial charge on any atom is -0.356 e. The second-order valence-electron chi connectivity index (χ2n) is 6.18. The van der Waals surface area contributed by atoms with Gasteiger partial charge in [-0.2, -0.15) is 0 Å². The molecule has 0 radical (unpaired) electrons. The van der Waals surface area contributed by atoms with Gasteiger partial charge in [0.1, 0.15) is 0 Å². The number of aliphatic imine (C=N–C) groups is 1. The highest BCUT2D eigenvalue weighted by Crippen LogP contribution is 2.17. The number of nitrogens with one attached hydrogen (secondary N) is 1. The van der Waals surface area contributed by atoms with Gasteiger partial charge < -0.3 is 10.2 Å². The summed E-state index contributed by atoms with van der Waals surface area (Å²) >= 11 is 0. The van der Waals surface area contributed by atoms with E-state index in [1.165, 1.54) is 6.26 Å². The highest BCUT2D eigenvalue weighted by Gasteiger charge is 2.28. The molecular formula is C16H26N4O2S. The topological polar surface area (TPSA) is 65.0 Å². The molecule has 1 atom stereocenters. The fourth-order valence-corrected chi connectivity index (χ4v) is 3.52. The molecule has 0 aromatic heterocycles. The molecule has 1 saturated heterocycles. The van der Waals surface area contributed by atoms with Crippen LogP contribution in [-0.2, 0) is 16.6 Å². The van der Waals surface area contributed by atoms with Crippen molar-refractivity contribution >= 4 is 16.0 Å². The zero-order valence-corrected chi connectivity index (χ0v) is 14.9. The predicted molar refractivity (Wildman–Crippen MR) is 93.8 cm³/mol. The minimum atomic E-state index is -3.07. The number of rotatable bonds is 5. The summed E-state index contributed by atoms with van der Waals surface area (Å²) < 4.78 is 24.7. The van der Waals surface area contributed by atoms with Gasteiger partial charge in [-0.05, 0) is 17.9 Å². The molecule has 1 aliphatic heterocycles. The van der Waals surface area contributed by atoms with Gasteiger partial charge in [0.05, 0.1) is 12.8 Å². The second kappa shape index (κ2) is 7.79. The summed E-state index contributed by atoms with van der Waals surface area (Å²) in [5.41, 5.74) is 1.16. The maximum absolute atomic E-state index is 11.6. The molecule has 1 heterocycles. The Kier molecular flexibility index (Phi) is 6.01. The minimum absolute atomic E-state index is 0.326. The van der Waals surface area contributed by atoms with Crippen molar-refractivity contribution in [3.05, 3.63) is 35.9 Å². The molecule has 1 N–H and O–H groups in total. The molecular weight excluding hydrogens is 312 g/mol. The van der Waals surface area contributed by atoms with E-state index in [4.69, 9.17) is 0 Å². The van der Waals surface area contributed by atoms with Gasteiger partial charge >= 0.3 is 0 Å². The number of benzene rings is 1. The largest absolute Gasteiger partial charge is 0.356 e. The van der Waals surface area contributed by atoms with Crippen LogP contribution in [-0.4, -0.2) is 63.6 Å². The molecule has 1 aromatic carbocycles. The summed E-state index contributed by atoms with van der Waals surface area (Å²) in [7, 11) is 0.834. The van der Waals surface area contributed by atoms with Crippen LogP contribution in [0, 0.1) is 5.92 Å². The first-order valence-corrected chi connectivity index (χ1v) is 9.66. The Morgan fingerprint density at radius 2 is 2.04 bits per heavy atom. The average Bonchev–Trinajstić information content (AvgIpc) is 2.97. The Hall–Kier alpha value is -1.60. The van der Waals surface area contributed by atoms with Gasteiger partial charge in [0.25, 0.3) is 0 Å². The second-order valence-corrected chi connectivity index (χ2v) is 8.16. The third-order valence-corrected chi connectivity index (χ3v) is 5.21. The lowest BCUT2D eigenvalue weighted by Gasteiger charge is -2.20. The molecule has 1 aliphatic rings. The zero-order valence-electron chi connectivity index (χ0n) is 14.1. The van der Waals surface area contributed by atoms with Crippen LogP contribution in [0.25, 0.3) is 0 Å². The van der Waals surface area contributed by atoms with E-state index >= 15 is 0 Å². The van der Waals surface area contributed by atoms with Crippen LogP contribution in [0.5, 0.6) is 0 Å². The molecule has 7 heteroatoms. The Bertz CT molecular complexity index is 629. The van der Waals surface area contributed by atoms with Crippen LogP contribution in [0.15, 0.2) is 35.3 Å². The molecule has 2 rings (SSSR count). The van der Waals surface area contributed by atoms with E-state index in [0.717, 1.165) is 24.5 Å². The lowest BCUT2D eigenvalue weighted by atomic mass is 10.1. The van der Waals surface area contributed by atoms with E-state index in [-0.39, 0.29) is 0 Å². The van der Waals surface area contributed by atoms with Gasteiger partial charge in [0.2, 0.25) is 10.0 Å². The molecule has 0 spiro atoms. The molecule has 128 valence electrons. The van der Waals surface area contributed by atoms with Crippen molar-refractivity contribution in [1.82, 2.24) is 14.5 Å². The standard InChI is InChI=1S/C16H26N4O2S/c1-19(2)16(17-11-14-7-5-4-6-8-14)18-12-15-9-10-20(13-15)23(3,21)22/h4-8,15H,9-13H2,1-3H3,(H,17,18). The van der Waals surface area contributed by atoms with Crippen LogP contribution >= 0.6 is 0 Å². The van der Waals surface area contributed by atoms with Gasteiger partial charge in [-0.3, -0.25) is 0 Å². The average molecular weight is 338 g/mol. The molecule has 0 amide bonds. The smallest absolute Gasteiger partial charge is 0.211 e. The number of nitrogens with zero attached hydrogens (tertiary/aromatic N) is 3. The number of hydrogen-bond donors (Lipinski definition) is 1. The van der Waals surface area contributed by atoms with Gasteiger partial charge in [-0.1, -0.05) is 30.3 Å². The van der Waals surface area contributed by atoms with Crippen LogP contribution in [0.4, 0.5) is 0 Å². The van der Waals surface area contributed by atoms with Crippen molar-refractivity contribution in [2.45, 2.75) is 13.0 Å². The van der Waals surface area contributed by atoms with E-state index in [1.807, 2.05) is 37.2 Å². The van der Waals surface area contributed by atoms with Gasteiger partial charge in [-0.15, -0.1) is 0 Å². The van der Waals surface area contributed by atoms with Crippen LogP contribution < -0.4 is 5.32 Å². The SMILES string of the molecule is CN(C)C(=NCc1ccccc1)NCC1CCN(S(C)(=O)=O)C1. The van der Waals surface area contributed by atoms with E-state index < -0.39 is 10.0 Å². The zero-order chi connectivity index (χ0) is 16.9. The molecule has 0 bridgehead atoms. The van der Waals surface area contributed by atoms with Crippen LogP contribution in [0.2, 0.25) is 0 Å². The molecule has 23 heavy (non-hydrogen) atoms. The molecule has 1 aromatic rings. The van der Waals surface area contributed by atoms with Crippen molar-refractivity contribution in [3.8, 4) is 0 Å². The lowest BCUT2D eigenvalue weighted by molar-refractivity contribution is 0.455. The Labute approximate surface area is 139 Å². The summed E-state index contributed by atoms with van der Waals surface area (Å²) in [6, 6.07) is 10.1. The quantitative estimate of drug-likeness (QED) is 0.642. The molecule has 0 saturated carbocycles. The van der Waals surface area contributed by atoms with Crippen molar-refractivity contribution in [3.63, 3.8) is 0 Å². The highest BCUT2D eigenvalue weighted by atomic mass is 32.2. The summed E-state index contributed by atoms with van der Waals surface area (Å²) in [4.78, 5) is 6.57. The number of hydrogen-bond acceptors (Lipinski definition) is 3. The normalized spacial score (nSPS) is 19.8. The summed E-state index contributed by atoms with van der Waals surface area (Å²) in [6.45, 7) is 2.56. The maximum Gasteiger partial charge on any atom is 0.211 e. The maximum atomic E-state index is 11.6. The number of sulfonamides is 1. The van der Waals surface area contributed by atoms with Crippen LogP contribution in [0.3, 0.4) is 0 Å². The van der Waals surface area contributed by atoms with Gasteiger partial charge in [0, 0.05) is 33.7 Å². The third-order valence-electron chi connectivity index (χ3n) is 3.94. The highest BCUT2D eigenvalue weighted by molar-refractivity contribution is 7.88. The first-order valence-electron chi connectivity index (χ1n) is 7.81. The van der Waals surface area contributed by atoms with E-state index in [1.54, 1.807) is 4.31 Å². The monoisotopic (exact) mass is 338 g/mol. The first kappa shape index (κ1) is 17.7. The molecule has 1 unspecified atom stereocenters. The summed E-state index contributed by atoms with van der Waals surface area (Å²) in [5.74, 6) is 1.15. The van der Waals surface area contributed by atoms with Gasteiger partial charge in [-0.25, -0.2) is 17.7 Å². The Morgan fingerprint density at radius 1 is 1.35 bits per heavy atom. The summed E-state index contributed by atoms with van der Waals surface area (Å²) in [5, 5.41) is 3.36. The first-order chi connectivity index (χ1) is 10.9. The summed E-state index contributed by atoms with van der Waals surface area (Å²) in [6.07, 6.45) is 2.16. The molecule has 1 fully saturated rings. The van der Waals surface area contributed by atoms with E-state index in [0.29, 0.717) is 25.6 Å². The van der Waals surface area contributed by atoms with Crippen molar-refractivity contribution in [1.29, 1.82) is 0 Å². The Balaban J connectivity index is 1.88. The fraction of sp³-hybridized carbons (Fsp3) is 0.562. The molecule has 6 nitrogen and oxygen atoms in total. The van der Waals surface area contributed by atoms with E-state index in [9.17, 15) is 8.42 Å². The lowest BCUT2D eigenvalue weighted by Crippen LogP contribution is -2.39. The van der Waals surface area contributed by atoms with Crippen molar-refractivity contribution in [2.75, 3.05) is 40.0 Å². The van der Waals surface area contributed by atoms with Gasteiger partial charge in [0.15, 0.2) is 5.96 Å². The van der Waals surface area contributed by atoms with Crippen molar-refractivity contribution in [2.24, 2.45) is 10.9 Å². The Morgan fingerprint density at radius 3 is 2.61 bits per heavy atom. The molecule has 0 aliphatic carbocycles.